The first-order valence-corrected chi connectivity index (χ1v) is 23.2. The number of amides is 3. The number of carbonyl (C=O) groups is 3. The van der Waals surface area contributed by atoms with Gasteiger partial charge in [-0.3, -0.25) is 19.6 Å². The van der Waals surface area contributed by atoms with Crippen molar-refractivity contribution in [2.75, 3.05) is 40.4 Å². The summed E-state index contributed by atoms with van der Waals surface area (Å²) in [6.07, 6.45) is 8.65. The van der Waals surface area contributed by atoms with E-state index in [0.29, 0.717) is 19.5 Å². The van der Waals surface area contributed by atoms with Gasteiger partial charge in [0.2, 0.25) is 0 Å². The maximum atomic E-state index is 13.5. The topological polar surface area (TPSA) is 154 Å². The number of aromatic nitrogens is 4. The molecule has 2 saturated heterocycles. The molecule has 0 bridgehead atoms. The minimum Gasteiger partial charge on any atom is -0.497 e. The third kappa shape index (κ3) is 7.15. The summed E-state index contributed by atoms with van der Waals surface area (Å²) in [5.41, 5.74) is 16.0. The second-order valence-corrected chi connectivity index (χ2v) is 20.1. The van der Waals surface area contributed by atoms with E-state index < -0.39 is 11.1 Å². The Balaban J connectivity index is 0.000000151. The first-order chi connectivity index (χ1) is 32.2. The monoisotopic (exact) mass is 900 g/mol. The number of methoxy groups -OCH3 is 2. The third-order valence-electron chi connectivity index (χ3n) is 14.6. The van der Waals surface area contributed by atoms with Crippen LogP contribution >= 0.6 is 0 Å². The highest BCUT2D eigenvalue weighted by molar-refractivity contribution is 6.03. The first kappa shape index (κ1) is 42.7. The van der Waals surface area contributed by atoms with E-state index in [4.69, 9.17) is 24.2 Å². The molecule has 2 aromatic carbocycles. The van der Waals surface area contributed by atoms with Gasteiger partial charge in [0.05, 0.1) is 59.2 Å². The Morgan fingerprint density at radius 3 is 1.52 bits per heavy atom. The Morgan fingerprint density at radius 1 is 0.657 bits per heavy atom. The zero-order chi connectivity index (χ0) is 46.6. The Kier molecular flexibility index (Phi) is 9.93. The lowest BCUT2D eigenvalue weighted by atomic mass is 9.80. The predicted octanol–water partition coefficient (Wildman–Crippen LogP) is 6.63. The molecule has 2 spiro atoms. The van der Waals surface area contributed by atoms with Gasteiger partial charge >= 0.3 is 6.09 Å². The summed E-state index contributed by atoms with van der Waals surface area (Å²) in [5, 5.41) is 9.84. The largest absolute Gasteiger partial charge is 0.497 e. The number of hydrogen-bond donors (Lipinski definition) is 3. The lowest BCUT2D eigenvalue weighted by molar-refractivity contribution is -0.0170. The van der Waals surface area contributed by atoms with Crippen molar-refractivity contribution in [3.63, 3.8) is 0 Å². The lowest BCUT2D eigenvalue weighted by Crippen LogP contribution is -2.74. The molecule has 6 aliphatic rings. The number of hydrogen-bond acceptors (Lipinski definition) is 9. The summed E-state index contributed by atoms with van der Waals surface area (Å²) in [6.45, 7) is 8.16. The maximum Gasteiger partial charge on any atom is 0.410 e. The van der Waals surface area contributed by atoms with Crippen LogP contribution < -0.4 is 25.4 Å². The van der Waals surface area contributed by atoms with Gasteiger partial charge in [-0.15, -0.1) is 0 Å². The predicted molar refractivity (Wildman–Crippen MR) is 255 cm³/mol. The summed E-state index contributed by atoms with van der Waals surface area (Å²) in [5.74, 6) is 1.68. The molecule has 0 unspecified atom stereocenters. The fourth-order valence-electron chi connectivity index (χ4n) is 11.2. The van der Waals surface area contributed by atoms with Crippen molar-refractivity contribution in [2.45, 2.75) is 76.0 Å². The Labute approximate surface area is 390 Å². The van der Waals surface area contributed by atoms with E-state index in [1.54, 1.807) is 19.1 Å². The van der Waals surface area contributed by atoms with Gasteiger partial charge < -0.3 is 44.2 Å². The van der Waals surface area contributed by atoms with Crippen molar-refractivity contribution >= 4 is 17.9 Å². The van der Waals surface area contributed by atoms with E-state index in [1.807, 2.05) is 81.7 Å². The number of nitrogens with zero attached hydrogens (tertiary/aromatic N) is 5. The molecule has 12 rings (SSSR count). The van der Waals surface area contributed by atoms with Crippen LogP contribution in [-0.4, -0.2) is 99.0 Å². The molecule has 344 valence electrons. The van der Waals surface area contributed by atoms with Gasteiger partial charge in [0, 0.05) is 99.2 Å². The molecule has 8 heterocycles. The molecule has 0 radical (unpaired) electrons. The highest BCUT2D eigenvalue weighted by Crippen LogP contribution is 2.45. The van der Waals surface area contributed by atoms with Crippen molar-refractivity contribution in [1.82, 2.24) is 40.0 Å². The summed E-state index contributed by atoms with van der Waals surface area (Å²) >= 11 is 0. The summed E-state index contributed by atoms with van der Waals surface area (Å²) in [4.78, 5) is 50.2. The highest BCUT2D eigenvalue weighted by atomic mass is 16.6. The number of carbonyl (C=O) groups excluding carboxylic acids is 3. The van der Waals surface area contributed by atoms with E-state index in [1.165, 1.54) is 33.6 Å². The van der Waals surface area contributed by atoms with E-state index in [0.717, 1.165) is 113 Å². The normalized spacial score (nSPS) is 17.7. The third-order valence-corrected chi connectivity index (χ3v) is 14.6. The molecular weight excluding hydrogens is 845 g/mol. The lowest BCUT2D eigenvalue weighted by Gasteiger charge is -2.51. The molecule has 14 nitrogen and oxygen atoms in total. The standard InChI is InChI=1S/C29H32N4O4.C24H24N4O2/c1-28(2,3)37-27(35)33-15-29(16-33)13-23-24(26(34)31-29)20-11-8-18-14-30-22(12-21(18)25(20)32(23)4)17-6-9-19(36-5)10-7-17;1-28-20-10-24(12-25-13-24)27-23(29)21(20)17-8-5-15-11-26-19(9-18(15)22(17)28)14-3-6-16(30-2)7-4-14/h6-7,9-10,12,14H,8,11,13,15-16H2,1-5H3,(H,31,34);3-4,6-7,9,11,25H,5,8,10,12-13H2,1-2H3,(H,27,29). The van der Waals surface area contributed by atoms with Crippen molar-refractivity contribution in [2.24, 2.45) is 14.1 Å². The van der Waals surface area contributed by atoms with Crippen LogP contribution in [-0.2, 0) is 57.4 Å². The van der Waals surface area contributed by atoms with Gasteiger partial charge in [-0.25, -0.2) is 4.79 Å². The quantitative estimate of drug-likeness (QED) is 0.177. The SMILES string of the molecule is COc1ccc(-c2cc3c(cn2)CCc2c4c(n(C)c2-3)CC2(CN(C(=O)OC(C)(C)C)C2)NC4=O)cc1.COc1ccc(-c2cc3c(cn2)CCc2c4c(n(C)c2-3)CC2(CNC2)NC4=O)cc1. The highest BCUT2D eigenvalue weighted by Gasteiger charge is 2.52. The Morgan fingerprint density at radius 2 is 1.10 bits per heavy atom. The smallest absolute Gasteiger partial charge is 0.410 e. The first-order valence-electron chi connectivity index (χ1n) is 23.2. The summed E-state index contributed by atoms with van der Waals surface area (Å²) in [7, 11) is 7.49. The molecule has 67 heavy (non-hydrogen) atoms. The van der Waals surface area contributed by atoms with E-state index >= 15 is 0 Å². The fraction of sp³-hybridized carbons (Fsp3) is 0.377. The Hall–Kier alpha value is -6.93. The molecule has 4 aliphatic heterocycles. The molecular formula is C53H56N8O6. The summed E-state index contributed by atoms with van der Waals surface area (Å²) in [6, 6.07) is 20.2. The average molecular weight is 901 g/mol. The molecule has 4 aromatic heterocycles. The number of benzene rings is 2. The molecule has 2 aliphatic carbocycles. The van der Waals surface area contributed by atoms with Crippen LogP contribution in [0.15, 0.2) is 73.1 Å². The number of aryl methyl sites for hydroxylation is 2. The second kappa shape index (κ2) is 15.6. The molecule has 0 saturated carbocycles. The van der Waals surface area contributed by atoms with Gasteiger partial charge in [0.1, 0.15) is 17.1 Å². The number of ether oxygens (including phenoxy) is 3. The average Bonchev–Trinajstić information content (AvgIpc) is 3.77. The van der Waals surface area contributed by atoms with E-state index in [2.05, 4.69) is 51.3 Å². The van der Waals surface area contributed by atoms with Crippen molar-refractivity contribution in [3.05, 3.63) is 118 Å². The molecule has 3 N–H and O–H groups in total. The van der Waals surface area contributed by atoms with Crippen LogP contribution in [0, 0.1) is 0 Å². The maximum absolute atomic E-state index is 13.5. The molecule has 14 heteroatoms. The van der Waals surface area contributed by atoms with Gasteiger partial charge in [-0.1, -0.05) is 0 Å². The van der Waals surface area contributed by atoms with Crippen LogP contribution in [0.3, 0.4) is 0 Å². The summed E-state index contributed by atoms with van der Waals surface area (Å²) < 4.78 is 20.5. The van der Waals surface area contributed by atoms with Crippen LogP contribution in [0.25, 0.3) is 45.0 Å². The van der Waals surface area contributed by atoms with E-state index in [-0.39, 0.29) is 23.4 Å². The van der Waals surface area contributed by atoms with Gasteiger partial charge in [0.25, 0.3) is 11.8 Å². The van der Waals surface area contributed by atoms with Crippen LogP contribution in [0.2, 0.25) is 0 Å². The number of pyridine rings is 2. The minimum absolute atomic E-state index is 0.0465. The molecule has 3 amide bonds. The molecule has 6 aromatic rings. The minimum atomic E-state index is -0.549. The van der Waals surface area contributed by atoms with Crippen molar-refractivity contribution in [1.29, 1.82) is 0 Å². The van der Waals surface area contributed by atoms with Crippen LogP contribution in [0.1, 0.15) is 75.1 Å². The van der Waals surface area contributed by atoms with Crippen LogP contribution in [0.5, 0.6) is 11.5 Å². The number of likely N-dealkylation sites (tertiary alicyclic amines) is 1. The fourth-order valence-corrected chi connectivity index (χ4v) is 11.2. The van der Waals surface area contributed by atoms with Gasteiger partial charge in [0.15, 0.2) is 0 Å². The second-order valence-electron chi connectivity index (χ2n) is 20.1. The van der Waals surface area contributed by atoms with Gasteiger partial charge in [-0.2, -0.15) is 0 Å². The number of fused-ring (bicyclic) bond motifs is 10. The zero-order valence-corrected chi connectivity index (χ0v) is 39.2. The Bertz CT molecular complexity index is 3020. The zero-order valence-electron chi connectivity index (χ0n) is 39.2. The van der Waals surface area contributed by atoms with E-state index in [9.17, 15) is 14.4 Å². The van der Waals surface area contributed by atoms with Crippen LogP contribution in [0.4, 0.5) is 4.79 Å². The van der Waals surface area contributed by atoms with Crippen molar-refractivity contribution < 1.29 is 28.6 Å². The van der Waals surface area contributed by atoms with Gasteiger partial charge in [-0.05, 0) is 129 Å². The molecule has 0 atom stereocenters. The molecule has 2 fully saturated rings. The number of nitrogens with one attached hydrogen (secondary N) is 3. The van der Waals surface area contributed by atoms with Crippen molar-refractivity contribution in [3.8, 4) is 56.5 Å². The number of rotatable bonds is 4.